The highest BCUT2D eigenvalue weighted by Gasteiger charge is 2.37. The van der Waals surface area contributed by atoms with Gasteiger partial charge in [0.2, 0.25) is 0 Å². The molecule has 3 nitrogen and oxygen atoms in total. The van der Waals surface area contributed by atoms with Gasteiger partial charge < -0.3 is 10.1 Å². The molecule has 3 rings (SSSR count). The molecule has 21 heavy (non-hydrogen) atoms. The van der Waals surface area contributed by atoms with Crippen LogP contribution in [0.2, 0.25) is 0 Å². The molecule has 1 atom stereocenters. The lowest BCUT2D eigenvalue weighted by Gasteiger charge is -2.44. The number of hydrogen-bond acceptors (Lipinski definition) is 3. The molecule has 1 fully saturated rings. The van der Waals surface area contributed by atoms with Gasteiger partial charge in [0.25, 0.3) is 0 Å². The lowest BCUT2D eigenvalue weighted by Crippen LogP contribution is -2.45. The monoisotopic (exact) mass is 288 g/mol. The van der Waals surface area contributed by atoms with Crippen LogP contribution in [0, 0.1) is 5.92 Å². The van der Waals surface area contributed by atoms with Crippen LogP contribution in [0.4, 0.5) is 0 Å². The van der Waals surface area contributed by atoms with Crippen molar-refractivity contribution in [1.29, 1.82) is 0 Å². The van der Waals surface area contributed by atoms with Crippen molar-refractivity contribution in [2.24, 2.45) is 5.92 Å². The molecule has 1 aromatic carbocycles. The first-order valence-electron chi connectivity index (χ1n) is 8.26. The van der Waals surface area contributed by atoms with Crippen LogP contribution in [0.15, 0.2) is 24.3 Å². The molecule has 116 valence electrons. The number of rotatable bonds is 3. The summed E-state index contributed by atoms with van der Waals surface area (Å²) in [6.45, 7) is 8.00. The Bertz CT molecular complexity index is 478. The number of nitrogens with one attached hydrogen (secondary N) is 1. The minimum atomic E-state index is -0.0686. The van der Waals surface area contributed by atoms with Gasteiger partial charge in [-0.05, 0) is 65.4 Å². The van der Waals surface area contributed by atoms with Gasteiger partial charge in [-0.25, -0.2) is 0 Å². The molecule has 0 amide bonds. The summed E-state index contributed by atoms with van der Waals surface area (Å²) in [5, 5.41) is 3.32. The second-order valence-corrected chi connectivity index (χ2v) is 7.16. The standard InChI is InChI=1S/C18H28N2O/c1-18(2)12-16(15-6-4-5-7-17(15)21-18)20-10-8-14(9-11-20)13-19-3/h4-7,14,16,19H,8-13H2,1-3H3. The Balaban J connectivity index is 1.76. The zero-order valence-electron chi connectivity index (χ0n) is 13.6. The summed E-state index contributed by atoms with van der Waals surface area (Å²) in [6, 6.07) is 9.10. The fourth-order valence-electron chi connectivity index (χ4n) is 3.85. The van der Waals surface area contributed by atoms with Gasteiger partial charge in [0, 0.05) is 18.0 Å². The van der Waals surface area contributed by atoms with Gasteiger partial charge in [-0.1, -0.05) is 18.2 Å². The Morgan fingerprint density at radius 3 is 2.67 bits per heavy atom. The van der Waals surface area contributed by atoms with Gasteiger partial charge in [0.1, 0.15) is 11.4 Å². The Morgan fingerprint density at radius 2 is 1.95 bits per heavy atom. The van der Waals surface area contributed by atoms with E-state index in [1.807, 2.05) is 0 Å². The Labute approximate surface area is 128 Å². The van der Waals surface area contributed by atoms with Gasteiger partial charge in [-0.3, -0.25) is 4.90 Å². The van der Waals surface area contributed by atoms with Crippen molar-refractivity contribution in [2.75, 3.05) is 26.7 Å². The molecule has 0 saturated carbocycles. The van der Waals surface area contributed by atoms with Crippen LogP contribution in [0.1, 0.15) is 44.7 Å². The normalized spacial score (nSPS) is 26.1. The van der Waals surface area contributed by atoms with Gasteiger partial charge in [0.05, 0.1) is 0 Å². The van der Waals surface area contributed by atoms with Crippen LogP contribution >= 0.6 is 0 Å². The van der Waals surface area contributed by atoms with Crippen LogP contribution < -0.4 is 10.1 Å². The summed E-state index contributed by atoms with van der Waals surface area (Å²) < 4.78 is 6.16. The van der Waals surface area contributed by atoms with Crippen molar-refractivity contribution in [3.05, 3.63) is 29.8 Å². The number of piperidine rings is 1. The van der Waals surface area contributed by atoms with E-state index in [0.29, 0.717) is 6.04 Å². The molecule has 0 aliphatic carbocycles. The SMILES string of the molecule is CNCC1CCN(C2CC(C)(C)Oc3ccccc32)CC1. The van der Waals surface area contributed by atoms with Crippen molar-refractivity contribution in [2.45, 2.75) is 44.8 Å². The molecule has 2 heterocycles. The highest BCUT2D eigenvalue weighted by Crippen LogP contribution is 2.43. The minimum Gasteiger partial charge on any atom is -0.487 e. The van der Waals surface area contributed by atoms with Gasteiger partial charge in [-0.15, -0.1) is 0 Å². The van der Waals surface area contributed by atoms with Crippen LogP contribution in [-0.4, -0.2) is 37.2 Å². The maximum absolute atomic E-state index is 6.16. The third-order valence-corrected chi connectivity index (χ3v) is 4.93. The van der Waals surface area contributed by atoms with Crippen molar-refractivity contribution >= 4 is 0 Å². The summed E-state index contributed by atoms with van der Waals surface area (Å²) in [5.74, 6) is 1.92. The molecule has 0 aromatic heterocycles. The number of hydrogen-bond donors (Lipinski definition) is 1. The fraction of sp³-hybridized carbons (Fsp3) is 0.667. The van der Waals surface area contributed by atoms with Crippen LogP contribution in [0.5, 0.6) is 5.75 Å². The lowest BCUT2D eigenvalue weighted by molar-refractivity contribution is 0.0184. The Kier molecular flexibility index (Phi) is 4.23. The highest BCUT2D eigenvalue weighted by molar-refractivity contribution is 5.38. The summed E-state index contributed by atoms with van der Waals surface area (Å²) in [7, 11) is 2.06. The number of nitrogens with zero attached hydrogens (tertiary/aromatic N) is 1. The van der Waals surface area contributed by atoms with E-state index in [1.54, 1.807) is 0 Å². The topological polar surface area (TPSA) is 24.5 Å². The lowest BCUT2D eigenvalue weighted by atomic mass is 9.86. The van der Waals surface area contributed by atoms with E-state index in [-0.39, 0.29) is 5.60 Å². The quantitative estimate of drug-likeness (QED) is 0.924. The molecule has 2 aliphatic heterocycles. The number of likely N-dealkylation sites (tertiary alicyclic amines) is 1. The molecule has 0 spiro atoms. The maximum atomic E-state index is 6.16. The van der Waals surface area contributed by atoms with Crippen molar-refractivity contribution in [3.8, 4) is 5.75 Å². The highest BCUT2D eigenvalue weighted by atomic mass is 16.5. The van der Waals surface area contributed by atoms with E-state index in [9.17, 15) is 0 Å². The molecule has 1 aromatic rings. The molecule has 2 aliphatic rings. The van der Waals surface area contributed by atoms with Gasteiger partial charge in [-0.2, -0.15) is 0 Å². The first kappa shape index (κ1) is 14.9. The average Bonchev–Trinajstić information content (AvgIpc) is 2.46. The van der Waals surface area contributed by atoms with Crippen LogP contribution in [0.25, 0.3) is 0 Å². The predicted octanol–water partition coefficient (Wildman–Crippen LogP) is 3.22. The molecule has 0 bridgehead atoms. The summed E-state index contributed by atoms with van der Waals surface area (Å²) >= 11 is 0. The van der Waals surface area contributed by atoms with Crippen molar-refractivity contribution in [3.63, 3.8) is 0 Å². The fourth-order valence-corrected chi connectivity index (χ4v) is 3.85. The molecule has 1 saturated heterocycles. The smallest absolute Gasteiger partial charge is 0.124 e. The molecule has 1 N–H and O–H groups in total. The third kappa shape index (κ3) is 3.24. The number of ether oxygens (including phenoxy) is 1. The summed E-state index contributed by atoms with van der Waals surface area (Å²) in [4.78, 5) is 2.68. The Hall–Kier alpha value is -1.06. The van der Waals surface area contributed by atoms with Crippen molar-refractivity contribution in [1.82, 2.24) is 10.2 Å². The third-order valence-electron chi connectivity index (χ3n) is 4.93. The average molecular weight is 288 g/mol. The number of fused-ring (bicyclic) bond motifs is 1. The van der Waals surface area contributed by atoms with E-state index in [2.05, 4.69) is 55.4 Å². The molecule has 3 heteroatoms. The second-order valence-electron chi connectivity index (χ2n) is 7.16. The van der Waals surface area contributed by atoms with E-state index in [4.69, 9.17) is 4.74 Å². The maximum Gasteiger partial charge on any atom is 0.124 e. The number of para-hydroxylation sites is 1. The second kappa shape index (κ2) is 5.98. The first-order chi connectivity index (χ1) is 10.1. The van der Waals surface area contributed by atoms with Crippen molar-refractivity contribution < 1.29 is 4.74 Å². The van der Waals surface area contributed by atoms with E-state index in [1.165, 1.54) is 31.5 Å². The zero-order valence-corrected chi connectivity index (χ0v) is 13.6. The van der Waals surface area contributed by atoms with E-state index < -0.39 is 0 Å². The minimum absolute atomic E-state index is 0.0686. The predicted molar refractivity (Wildman–Crippen MR) is 86.7 cm³/mol. The molecular formula is C18H28N2O. The molecule has 1 unspecified atom stereocenters. The van der Waals surface area contributed by atoms with Crippen LogP contribution in [0.3, 0.4) is 0 Å². The first-order valence-corrected chi connectivity index (χ1v) is 8.26. The van der Waals surface area contributed by atoms with Crippen LogP contribution in [-0.2, 0) is 0 Å². The summed E-state index contributed by atoms with van der Waals surface area (Å²) in [6.07, 6.45) is 3.70. The van der Waals surface area contributed by atoms with E-state index in [0.717, 1.165) is 24.6 Å². The van der Waals surface area contributed by atoms with E-state index >= 15 is 0 Å². The summed E-state index contributed by atoms with van der Waals surface area (Å²) in [5.41, 5.74) is 1.31. The van der Waals surface area contributed by atoms with Gasteiger partial charge in [0.15, 0.2) is 0 Å². The zero-order chi connectivity index (χ0) is 14.9. The largest absolute Gasteiger partial charge is 0.487 e. The number of benzene rings is 1. The Morgan fingerprint density at radius 1 is 1.24 bits per heavy atom. The molecule has 0 radical (unpaired) electrons. The molecular weight excluding hydrogens is 260 g/mol. The van der Waals surface area contributed by atoms with Gasteiger partial charge >= 0.3 is 0 Å².